The first-order valence-corrected chi connectivity index (χ1v) is 6.15. The molecule has 0 radical (unpaired) electrons. The third kappa shape index (κ3) is 2.53. The summed E-state index contributed by atoms with van der Waals surface area (Å²) >= 11 is 0. The molecule has 0 saturated carbocycles. The molecule has 2 rings (SSSR count). The summed E-state index contributed by atoms with van der Waals surface area (Å²) in [6.07, 6.45) is 6.89. The first kappa shape index (κ1) is 11.4. The zero-order chi connectivity index (χ0) is 11.5. The van der Waals surface area contributed by atoms with Gasteiger partial charge in [-0.15, -0.1) is 0 Å². The van der Waals surface area contributed by atoms with Gasteiger partial charge in [-0.2, -0.15) is 0 Å². The van der Waals surface area contributed by atoms with Crippen LogP contribution in [0.4, 0.5) is 0 Å². The van der Waals surface area contributed by atoms with Gasteiger partial charge in [0.1, 0.15) is 0 Å². The number of benzene rings is 1. The van der Waals surface area contributed by atoms with Crippen LogP contribution >= 0.6 is 0 Å². The predicted octanol–water partition coefficient (Wildman–Crippen LogP) is 3.67. The summed E-state index contributed by atoms with van der Waals surface area (Å²) < 4.78 is 0. The Bertz CT molecular complexity index is 384. The maximum absolute atomic E-state index is 3.69. The van der Waals surface area contributed by atoms with E-state index in [4.69, 9.17) is 0 Å². The Hall–Kier alpha value is -1.08. The lowest BCUT2D eigenvalue weighted by Gasteiger charge is -2.21. The van der Waals surface area contributed by atoms with Gasteiger partial charge in [-0.05, 0) is 44.7 Å². The van der Waals surface area contributed by atoms with Gasteiger partial charge in [-0.1, -0.05) is 35.9 Å². The van der Waals surface area contributed by atoms with Crippen LogP contribution in [0.5, 0.6) is 0 Å². The number of hydrogen-bond acceptors (Lipinski definition) is 1. The normalized spacial score (nSPS) is 17.9. The van der Waals surface area contributed by atoms with Crippen LogP contribution in [0.1, 0.15) is 42.5 Å². The molecule has 16 heavy (non-hydrogen) atoms. The highest BCUT2D eigenvalue weighted by Crippen LogP contribution is 2.21. The average molecular weight is 215 g/mol. The molecule has 0 aromatic heterocycles. The van der Waals surface area contributed by atoms with Crippen LogP contribution in [-0.4, -0.2) is 6.04 Å². The van der Waals surface area contributed by atoms with Crippen molar-refractivity contribution in [3.63, 3.8) is 0 Å². The molecule has 0 spiro atoms. The van der Waals surface area contributed by atoms with E-state index in [9.17, 15) is 0 Å². The van der Waals surface area contributed by atoms with Crippen molar-refractivity contribution in [2.24, 2.45) is 0 Å². The molecule has 0 aliphatic heterocycles. The minimum Gasteiger partial charge on any atom is -0.307 e. The van der Waals surface area contributed by atoms with E-state index in [1.54, 1.807) is 0 Å². The van der Waals surface area contributed by atoms with Gasteiger partial charge in [-0.3, -0.25) is 0 Å². The Morgan fingerprint density at radius 2 is 1.88 bits per heavy atom. The Labute approximate surface area is 98.6 Å². The molecule has 1 atom stereocenters. The molecule has 0 bridgehead atoms. The fraction of sp³-hybridized carbons (Fsp3) is 0.467. The molecular weight excluding hydrogens is 194 g/mol. The van der Waals surface area contributed by atoms with Crippen molar-refractivity contribution in [3.05, 3.63) is 47.0 Å². The van der Waals surface area contributed by atoms with Gasteiger partial charge in [0.05, 0.1) is 0 Å². The standard InChI is InChI=1S/C15H21N/c1-11-8-9-15(12(2)10-11)13(3)16-14-6-4-5-7-14/h4-5,8-10,13-14,16H,6-7H2,1-3H3. The summed E-state index contributed by atoms with van der Waals surface area (Å²) in [6, 6.07) is 7.81. The van der Waals surface area contributed by atoms with Crippen molar-refractivity contribution in [3.8, 4) is 0 Å². The number of hydrogen-bond donors (Lipinski definition) is 1. The maximum Gasteiger partial charge on any atom is 0.0297 e. The molecule has 1 aromatic carbocycles. The van der Waals surface area contributed by atoms with Crippen LogP contribution in [0.3, 0.4) is 0 Å². The topological polar surface area (TPSA) is 12.0 Å². The molecule has 1 aromatic rings. The lowest BCUT2D eigenvalue weighted by atomic mass is 9.99. The molecule has 1 aliphatic carbocycles. The molecule has 1 N–H and O–H groups in total. The summed E-state index contributed by atoms with van der Waals surface area (Å²) in [5, 5.41) is 3.69. The quantitative estimate of drug-likeness (QED) is 0.759. The molecule has 0 saturated heterocycles. The molecule has 1 aliphatic rings. The van der Waals surface area contributed by atoms with E-state index >= 15 is 0 Å². The zero-order valence-electron chi connectivity index (χ0n) is 10.5. The van der Waals surface area contributed by atoms with Crippen LogP contribution in [0, 0.1) is 13.8 Å². The summed E-state index contributed by atoms with van der Waals surface area (Å²) in [5.41, 5.74) is 4.17. The number of aryl methyl sites for hydroxylation is 2. The van der Waals surface area contributed by atoms with Crippen LogP contribution in [0.25, 0.3) is 0 Å². The Morgan fingerprint density at radius 1 is 1.19 bits per heavy atom. The molecule has 1 unspecified atom stereocenters. The van der Waals surface area contributed by atoms with Gasteiger partial charge < -0.3 is 5.32 Å². The van der Waals surface area contributed by atoms with E-state index < -0.39 is 0 Å². The fourth-order valence-corrected chi connectivity index (χ4v) is 2.51. The zero-order valence-corrected chi connectivity index (χ0v) is 10.5. The summed E-state index contributed by atoms with van der Waals surface area (Å²) in [4.78, 5) is 0. The van der Waals surface area contributed by atoms with Crippen molar-refractivity contribution in [2.75, 3.05) is 0 Å². The van der Waals surface area contributed by atoms with Crippen LogP contribution < -0.4 is 5.32 Å². The average Bonchev–Trinajstić information content (AvgIpc) is 2.70. The largest absolute Gasteiger partial charge is 0.307 e. The smallest absolute Gasteiger partial charge is 0.0297 e. The highest BCUT2D eigenvalue weighted by Gasteiger charge is 2.15. The van der Waals surface area contributed by atoms with Gasteiger partial charge in [0.25, 0.3) is 0 Å². The van der Waals surface area contributed by atoms with E-state index in [0.717, 1.165) is 0 Å². The highest BCUT2D eigenvalue weighted by molar-refractivity contribution is 5.32. The van der Waals surface area contributed by atoms with Crippen molar-refractivity contribution in [1.82, 2.24) is 5.32 Å². The molecular formula is C15H21N. The van der Waals surface area contributed by atoms with Gasteiger partial charge in [0.2, 0.25) is 0 Å². The minimum absolute atomic E-state index is 0.450. The Kier molecular flexibility index (Phi) is 3.45. The molecule has 1 nitrogen and oxygen atoms in total. The lowest BCUT2D eigenvalue weighted by Crippen LogP contribution is -2.29. The van der Waals surface area contributed by atoms with Gasteiger partial charge in [0.15, 0.2) is 0 Å². The monoisotopic (exact) mass is 215 g/mol. The Balaban J connectivity index is 2.05. The van der Waals surface area contributed by atoms with Crippen molar-refractivity contribution >= 4 is 0 Å². The number of nitrogens with one attached hydrogen (secondary N) is 1. The van der Waals surface area contributed by atoms with Gasteiger partial charge in [-0.25, -0.2) is 0 Å². The molecule has 1 heteroatoms. The van der Waals surface area contributed by atoms with E-state index in [1.165, 1.54) is 29.5 Å². The molecule has 0 amide bonds. The van der Waals surface area contributed by atoms with Crippen LogP contribution in [0.2, 0.25) is 0 Å². The van der Waals surface area contributed by atoms with Crippen molar-refractivity contribution in [1.29, 1.82) is 0 Å². The van der Waals surface area contributed by atoms with E-state index in [2.05, 4.69) is 56.4 Å². The van der Waals surface area contributed by atoms with Crippen LogP contribution in [0.15, 0.2) is 30.4 Å². The minimum atomic E-state index is 0.450. The van der Waals surface area contributed by atoms with E-state index in [1.807, 2.05) is 0 Å². The van der Waals surface area contributed by atoms with Gasteiger partial charge >= 0.3 is 0 Å². The van der Waals surface area contributed by atoms with Crippen LogP contribution in [-0.2, 0) is 0 Å². The van der Waals surface area contributed by atoms with Crippen molar-refractivity contribution < 1.29 is 0 Å². The third-order valence-corrected chi connectivity index (χ3v) is 3.39. The van der Waals surface area contributed by atoms with E-state index in [0.29, 0.717) is 12.1 Å². The SMILES string of the molecule is Cc1ccc(C(C)NC2CC=CC2)c(C)c1. The summed E-state index contributed by atoms with van der Waals surface area (Å²) in [5.74, 6) is 0. The first-order chi connectivity index (χ1) is 7.66. The first-order valence-electron chi connectivity index (χ1n) is 6.15. The fourth-order valence-electron chi connectivity index (χ4n) is 2.51. The van der Waals surface area contributed by atoms with Crippen molar-refractivity contribution in [2.45, 2.75) is 45.7 Å². The predicted molar refractivity (Wildman–Crippen MR) is 69.6 cm³/mol. The maximum atomic E-state index is 3.69. The highest BCUT2D eigenvalue weighted by atomic mass is 14.9. The van der Waals surface area contributed by atoms with Gasteiger partial charge in [0, 0.05) is 12.1 Å². The summed E-state index contributed by atoms with van der Waals surface area (Å²) in [6.45, 7) is 6.61. The second-order valence-corrected chi connectivity index (χ2v) is 4.89. The molecule has 0 fully saturated rings. The molecule has 0 heterocycles. The number of rotatable bonds is 3. The second kappa shape index (κ2) is 4.84. The third-order valence-electron chi connectivity index (χ3n) is 3.39. The Morgan fingerprint density at radius 3 is 2.50 bits per heavy atom. The lowest BCUT2D eigenvalue weighted by molar-refractivity contribution is 0.470. The second-order valence-electron chi connectivity index (χ2n) is 4.89. The summed E-state index contributed by atoms with van der Waals surface area (Å²) in [7, 11) is 0. The molecule has 86 valence electrons. The van der Waals surface area contributed by atoms with E-state index in [-0.39, 0.29) is 0 Å².